The lowest BCUT2D eigenvalue weighted by atomic mass is 10.2. The van der Waals surface area contributed by atoms with Gasteiger partial charge in [0.15, 0.2) is 0 Å². The number of nitrogens with zero attached hydrogens (tertiary/aromatic N) is 2. The molecule has 1 fully saturated rings. The molecule has 1 N–H and O–H groups in total. The van der Waals surface area contributed by atoms with Gasteiger partial charge in [0, 0.05) is 36.6 Å². The van der Waals surface area contributed by atoms with E-state index >= 15 is 0 Å². The number of nitrogens with one attached hydrogen (secondary N) is 1. The average molecular weight is 225 g/mol. The van der Waals surface area contributed by atoms with Crippen molar-refractivity contribution in [3.8, 4) is 0 Å². The van der Waals surface area contributed by atoms with Crippen molar-refractivity contribution < 1.29 is 0 Å². The first-order valence-electron chi connectivity index (χ1n) is 5.57. The quantitative estimate of drug-likeness (QED) is 0.837. The normalized spacial score (nSPS) is 21.4. The van der Waals surface area contributed by atoms with Crippen LogP contribution >= 0.6 is 11.3 Å². The van der Waals surface area contributed by atoms with E-state index < -0.39 is 0 Å². The van der Waals surface area contributed by atoms with Gasteiger partial charge in [0.1, 0.15) is 0 Å². The molecule has 1 aliphatic rings. The molecule has 1 aromatic rings. The molecular formula is C11H19N3S. The van der Waals surface area contributed by atoms with Gasteiger partial charge in [-0.1, -0.05) is 0 Å². The highest BCUT2D eigenvalue weighted by atomic mass is 32.1. The zero-order chi connectivity index (χ0) is 10.7. The highest BCUT2D eigenvalue weighted by molar-refractivity contribution is 7.09. The van der Waals surface area contributed by atoms with Crippen LogP contribution < -0.4 is 5.32 Å². The molecule has 1 saturated heterocycles. The van der Waals surface area contributed by atoms with Crippen LogP contribution in [0.4, 0.5) is 0 Å². The Bertz CT molecular complexity index is 305. The summed E-state index contributed by atoms with van der Waals surface area (Å²) < 4.78 is 0. The van der Waals surface area contributed by atoms with Crippen molar-refractivity contribution in [3.63, 3.8) is 0 Å². The Labute approximate surface area is 95.5 Å². The third-order valence-electron chi connectivity index (χ3n) is 3.00. The minimum Gasteiger partial charge on any atom is -0.315 e. The number of thiazole rings is 1. The summed E-state index contributed by atoms with van der Waals surface area (Å²) in [7, 11) is 2.22. The van der Waals surface area contributed by atoms with Gasteiger partial charge in [-0.25, -0.2) is 4.98 Å². The fourth-order valence-electron chi connectivity index (χ4n) is 1.99. The van der Waals surface area contributed by atoms with Gasteiger partial charge in [0.05, 0.1) is 5.01 Å². The maximum Gasteiger partial charge on any atom is 0.0940 e. The van der Waals surface area contributed by atoms with E-state index in [0.717, 1.165) is 31.2 Å². The third-order valence-corrected chi connectivity index (χ3v) is 4.03. The lowest BCUT2D eigenvalue weighted by Gasteiger charge is -2.22. The van der Waals surface area contributed by atoms with Crippen molar-refractivity contribution in [2.75, 3.05) is 26.7 Å². The zero-order valence-corrected chi connectivity index (χ0v) is 10.3. The van der Waals surface area contributed by atoms with Crippen molar-refractivity contribution in [1.82, 2.24) is 15.2 Å². The van der Waals surface area contributed by atoms with Crippen LogP contribution in [0.15, 0.2) is 5.38 Å². The second-order valence-corrected chi connectivity index (χ2v) is 5.20. The van der Waals surface area contributed by atoms with Gasteiger partial charge in [-0.3, -0.25) is 0 Å². The molecular weight excluding hydrogens is 206 g/mol. The van der Waals surface area contributed by atoms with Gasteiger partial charge < -0.3 is 10.2 Å². The molecule has 2 heterocycles. The van der Waals surface area contributed by atoms with Crippen LogP contribution in [0.25, 0.3) is 0 Å². The molecule has 1 unspecified atom stereocenters. The summed E-state index contributed by atoms with van der Waals surface area (Å²) in [6, 6.07) is 0.728. The number of likely N-dealkylation sites (N-methyl/N-ethyl adjacent to an activating group) is 1. The standard InChI is InChI=1S/C11H19N3S/c1-9-8-15-11(13-9)4-6-14(2)10-3-5-12-7-10/h8,10,12H,3-7H2,1-2H3. The van der Waals surface area contributed by atoms with Crippen LogP contribution in [0.5, 0.6) is 0 Å². The van der Waals surface area contributed by atoms with E-state index in [1.54, 1.807) is 11.3 Å². The van der Waals surface area contributed by atoms with Crippen molar-refractivity contribution >= 4 is 11.3 Å². The van der Waals surface area contributed by atoms with E-state index in [1.807, 2.05) is 0 Å². The van der Waals surface area contributed by atoms with Gasteiger partial charge in [-0.2, -0.15) is 0 Å². The lowest BCUT2D eigenvalue weighted by molar-refractivity contribution is 0.260. The molecule has 1 atom stereocenters. The Balaban J connectivity index is 1.77. The van der Waals surface area contributed by atoms with Gasteiger partial charge in [-0.15, -0.1) is 11.3 Å². The van der Waals surface area contributed by atoms with Crippen molar-refractivity contribution in [2.24, 2.45) is 0 Å². The molecule has 0 bridgehead atoms. The van der Waals surface area contributed by atoms with Crippen LogP contribution in [0.2, 0.25) is 0 Å². The Morgan fingerprint density at radius 1 is 1.67 bits per heavy atom. The number of aromatic nitrogens is 1. The van der Waals surface area contributed by atoms with Crippen LogP contribution in [0.1, 0.15) is 17.1 Å². The Hall–Kier alpha value is -0.450. The number of aryl methyl sites for hydroxylation is 1. The fourth-order valence-corrected chi connectivity index (χ4v) is 2.75. The summed E-state index contributed by atoms with van der Waals surface area (Å²) in [5, 5.41) is 6.80. The first-order valence-corrected chi connectivity index (χ1v) is 6.45. The van der Waals surface area contributed by atoms with Crippen LogP contribution in [0, 0.1) is 6.92 Å². The third kappa shape index (κ3) is 3.00. The Morgan fingerprint density at radius 2 is 2.53 bits per heavy atom. The minimum atomic E-state index is 0.728. The number of hydrogen-bond acceptors (Lipinski definition) is 4. The van der Waals surface area contributed by atoms with E-state index in [4.69, 9.17) is 0 Å². The molecule has 84 valence electrons. The summed E-state index contributed by atoms with van der Waals surface area (Å²) in [5.74, 6) is 0. The summed E-state index contributed by atoms with van der Waals surface area (Å²) in [6.45, 7) is 5.50. The minimum absolute atomic E-state index is 0.728. The van der Waals surface area contributed by atoms with E-state index in [-0.39, 0.29) is 0 Å². The molecule has 1 aliphatic heterocycles. The smallest absolute Gasteiger partial charge is 0.0940 e. The summed E-state index contributed by atoms with van der Waals surface area (Å²) in [5.41, 5.74) is 1.15. The summed E-state index contributed by atoms with van der Waals surface area (Å²) in [4.78, 5) is 6.94. The highest BCUT2D eigenvalue weighted by Gasteiger charge is 2.18. The van der Waals surface area contributed by atoms with Crippen molar-refractivity contribution in [3.05, 3.63) is 16.1 Å². The molecule has 0 spiro atoms. The molecule has 0 aliphatic carbocycles. The largest absolute Gasteiger partial charge is 0.315 e. The molecule has 0 saturated carbocycles. The molecule has 2 rings (SSSR count). The molecule has 4 heteroatoms. The van der Waals surface area contributed by atoms with E-state index in [2.05, 4.69) is 34.6 Å². The average Bonchev–Trinajstić information content (AvgIpc) is 2.84. The fraction of sp³-hybridized carbons (Fsp3) is 0.727. The molecule has 0 aromatic carbocycles. The maximum absolute atomic E-state index is 4.49. The topological polar surface area (TPSA) is 28.2 Å². The van der Waals surface area contributed by atoms with Gasteiger partial charge in [0.2, 0.25) is 0 Å². The molecule has 0 amide bonds. The van der Waals surface area contributed by atoms with Gasteiger partial charge in [0.25, 0.3) is 0 Å². The first-order chi connectivity index (χ1) is 7.25. The van der Waals surface area contributed by atoms with Crippen LogP contribution in [-0.2, 0) is 6.42 Å². The molecule has 0 radical (unpaired) electrons. The Morgan fingerprint density at radius 3 is 3.13 bits per heavy atom. The maximum atomic E-state index is 4.49. The highest BCUT2D eigenvalue weighted by Crippen LogP contribution is 2.11. The molecule has 3 nitrogen and oxygen atoms in total. The second-order valence-electron chi connectivity index (χ2n) is 4.26. The van der Waals surface area contributed by atoms with E-state index in [0.29, 0.717) is 0 Å². The molecule has 15 heavy (non-hydrogen) atoms. The van der Waals surface area contributed by atoms with Crippen LogP contribution in [-0.4, -0.2) is 42.6 Å². The lowest BCUT2D eigenvalue weighted by Crippen LogP contribution is -2.34. The molecule has 1 aromatic heterocycles. The van der Waals surface area contributed by atoms with E-state index in [1.165, 1.54) is 18.0 Å². The first kappa shape index (κ1) is 11.0. The summed E-state index contributed by atoms with van der Waals surface area (Å²) in [6.07, 6.45) is 2.37. The van der Waals surface area contributed by atoms with Crippen molar-refractivity contribution in [2.45, 2.75) is 25.8 Å². The Kier molecular flexibility index (Phi) is 3.72. The van der Waals surface area contributed by atoms with Gasteiger partial charge >= 0.3 is 0 Å². The predicted molar refractivity (Wildman–Crippen MR) is 64.5 cm³/mol. The van der Waals surface area contributed by atoms with E-state index in [9.17, 15) is 0 Å². The summed E-state index contributed by atoms with van der Waals surface area (Å²) >= 11 is 1.78. The second kappa shape index (κ2) is 5.05. The monoisotopic (exact) mass is 225 g/mol. The number of rotatable bonds is 4. The SMILES string of the molecule is Cc1csc(CCN(C)C2CCNC2)n1. The van der Waals surface area contributed by atoms with Gasteiger partial charge in [-0.05, 0) is 26.9 Å². The predicted octanol–water partition coefficient (Wildman–Crippen LogP) is 1.29. The van der Waals surface area contributed by atoms with Crippen LogP contribution in [0.3, 0.4) is 0 Å². The zero-order valence-electron chi connectivity index (χ0n) is 9.49. The van der Waals surface area contributed by atoms with Crippen molar-refractivity contribution in [1.29, 1.82) is 0 Å². The number of hydrogen-bond donors (Lipinski definition) is 1.